The van der Waals surface area contributed by atoms with Crippen LogP contribution in [0.25, 0.3) is 0 Å². The fourth-order valence-corrected chi connectivity index (χ4v) is 2.24. The van der Waals surface area contributed by atoms with Gasteiger partial charge in [0.05, 0.1) is 6.04 Å². The molecule has 116 valence electrons. The average molecular weight is 301 g/mol. The number of benzene rings is 1. The van der Waals surface area contributed by atoms with Gasteiger partial charge in [0.1, 0.15) is 6.54 Å². The number of H-pyrrole nitrogens is 1. The SMILES string of the molecule is CC(C)[C@@H](NC(=O)Cn1[nH]c(=O)ccc1=O)c1ccccc1. The van der Waals surface area contributed by atoms with Gasteiger partial charge in [0, 0.05) is 12.1 Å². The quantitative estimate of drug-likeness (QED) is 0.866. The first kappa shape index (κ1) is 15.8. The number of carbonyl (C=O) groups is 1. The number of hydrogen-bond donors (Lipinski definition) is 2. The fraction of sp³-hybridized carbons (Fsp3) is 0.312. The van der Waals surface area contributed by atoms with Gasteiger partial charge in [0.15, 0.2) is 0 Å². The highest BCUT2D eigenvalue weighted by Crippen LogP contribution is 2.21. The molecule has 0 spiro atoms. The molecule has 1 aromatic carbocycles. The van der Waals surface area contributed by atoms with Crippen molar-refractivity contribution >= 4 is 5.91 Å². The van der Waals surface area contributed by atoms with Gasteiger partial charge in [-0.05, 0) is 11.5 Å². The van der Waals surface area contributed by atoms with Crippen LogP contribution in [0.2, 0.25) is 0 Å². The van der Waals surface area contributed by atoms with Gasteiger partial charge >= 0.3 is 0 Å². The predicted octanol–water partition coefficient (Wildman–Crippen LogP) is 1.05. The topological polar surface area (TPSA) is 84.0 Å². The first-order chi connectivity index (χ1) is 10.5. The predicted molar refractivity (Wildman–Crippen MR) is 83.5 cm³/mol. The monoisotopic (exact) mass is 301 g/mol. The molecular weight excluding hydrogens is 282 g/mol. The Morgan fingerprint density at radius 3 is 2.45 bits per heavy atom. The van der Waals surface area contributed by atoms with E-state index in [1.807, 2.05) is 44.2 Å². The molecule has 0 unspecified atom stereocenters. The Morgan fingerprint density at radius 1 is 1.14 bits per heavy atom. The molecule has 1 amide bonds. The number of carbonyl (C=O) groups excluding carboxylic acids is 1. The molecule has 6 nitrogen and oxygen atoms in total. The van der Waals surface area contributed by atoms with Crippen LogP contribution in [-0.4, -0.2) is 15.7 Å². The number of rotatable bonds is 5. The summed E-state index contributed by atoms with van der Waals surface area (Å²) >= 11 is 0. The van der Waals surface area contributed by atoms with Crippen molar-refractivity contribution in [3.8, 4) is 0 Å². The molecule has 0 aliphatic heterocycles. The van der Waals surface area contributed by atoms with Crippen molar-refractivity contribution in [2.45, 2.75) is 26.4 Å². The maximum absolute atomic E-state index is 12.2. The summed E-state index contributed by atoms with van der Waals surface area (Å²) in [6.07, 6.45) is 0. The van der Waals surface area contributed by atoms with E-state index in [1.165, 1.54) is 0 Å². The van der Waals surface area contributed by atoms with Crippen molar-refractivity contribution in [3.05, 3.63) is 68.7 Å². The zero-order valence-electron chi connectivity index (χ0n) is 12.6. The maximum Gasteiger partial charge on any atom is 0.265 e. The van der Waals surface area contributed by atoms with Crippen molar-refractivity contribution in [3.63, 3.8) is 0 Å². The number of amides is 1. The Morgan fingerprint density at radius 2 is 1.82 bits per heavy atom. The van der Waals surface area contributed by atoms with Crippen LogP contribution < -0.4 is 16.4 Å². The molecule has 0 bridgehead atoms. The lowest BCUT2D eigenvalue weighted by Crippen LogP contribution is -2.38. The number of nitrogens with zero attached hydrogens (tertiary/aromatic N) is 1. The summed E-state index contributed by atoms with van der Waals surface area (Å²) in [5.41, 5.74) is 0.158. The molecule has 22 heavy (non-hydrogen) atoms. The Balaban J connectivity index is 2.14. The van der Waals surface area contributed by atoms with Crippen LogP contribution >= 0.6 is 0 Å². The van der Waals surface area contributed by atoms with Gasteiger partial charge in [0.2, 0.25) is 5.91 Å². The summed E-state index contributed by atoms with van der Waals surface area (Å²) in [5, 5.41) is 5.24. The van der Waals surface area contributed by atoms with Crippen molar-refractivity contribution in [2.75, 3.05) is 0 Å². The van der Waals surface area contributed by atoms with E-state index in [0.717, 1.165) is 22.4 Å². The molecule has 0 radical (unpaired) electrons. The van der Waals surface area contributed by atoms with Crippen LogP contribution in [0.4, 0.5) is 0 Å². The number of nitrogens with one attached hydrogen (secondary N) is 2. The summed E-state index contributed by atoms with van der Waals surface area (Å²) in [6.45, 7) is 3.80. The van der Waals surface area contributed by atoms with E-state index in [1.54, 1.807) is 0 Å². The molecule has 0 aliphatic carbocycles. The van der Waals surface area contributed by atoms with Crippen LogP contribution in [0.15, 0.2) is 52.1 Å². The first-order valence-corrected chi connectivity index (χ1v) is 7.12. The highest BCUT2D eigenvalue weighted by Gasteiger charge is 2.18. The van der Waals surface area contributed by atoms with E-state index in [-0.39, 0.29) is 24.4 Å². The summed E-state index contributed by atoms with van der Waals surface area (Å²) in [4.78, 5) is 35.0. The van der Waals surface area contributed by atoms with Crippen molar-refractivity contribution in [1.82, 2.24) is 15.1 Å². The third-order valence-electron chi connectivity index (χ3n) is 3.33. The molecule has 0 saturated heterocycles. The molecule has 0 aliphatic rings. The van der Waals surface area contributed by atoms with Crippen molar-refractivity contribution < 1.29 is 4.79 Å². The lowest BCUT2D eigenvalue weighted by molar-refractivity contribution is -0.123. The lowest BCUT2D eigenvalue weighted by atomic mass is 9.96. The minimum Gasteiger partial charge on any atom is -0.347 e. The number of aromatic amines is 1. The second-order valence-electron chi connectivity index (χ2n) is 5.43. The van der Waals surface area contributed by atoms with E-state index in [9.17, 15) is 14.4 Å². The maximum atomic E-state index is 12.2. The van der Waals surface area contributed by atoms with E-state index >= 15 is 0 Å². The highest BCUT2D eigenvalue weighted by atomic mass is 16.2. The third-order valence-corrected chi connectivity index (χ3v) is 3.33. The lowest BCUT2D eigenvalue weighted by Gasteiger charge is -2.23. The zero-order chi connectivity index (χ0) is 16.1. The Bertz CT molecular complexity index is 747. The summed E-state index contributed by atoms with van der Waals surface area (Å²) in [7, 11) is 0. The highest BCUT2D eigenvalue weighted by molar-refractivity contribution is 5.76. The minimum absolute atomic E-state index is 0.153. The average Bonchev–Trinajstić information content (AvgIpc) is 2.49. The first-order valence-electron chi connectivity index (χ1n) is 7.12. The van der Waals surface area contributed by atoms with Gasteiger partial charge in [-0.2, -0.15) is 0 Å². The largest absolute Gasteiger partial charge is 0.347 e. The van der Waals surface area contributed by atoms with Crippen molar-refractivity contribution in [2.24, 2.45) is 5.92 Å². The molecule has 1 heterocycles. The van der Waals surface area contributed by atoms with Crippen LogP contribution in [0, 0.1) is 5.92 Å². The fourth-order valence-electron chi connectivity index (χ4n) is 2.24. The minimum atomic E-state index is -0.421. The zero-order valence-corrected chi connectivity index (χ0v) is 12.6. The molecule has 2 rings (SSSR count). The summed E-state index contributed by atoms with van der Waals surface area (Å²) < 4.78 is 1.00. The summed E-state index contributed by atoms with van der Waals surface area (Å²) in [5.74, 6) is -0.135. The van der Waals surface area contributed by atoms with Crippen LogP contribution in [0.5, 0.6) is 0 Å². The smallest absolute Gasteiger partial charge is 0.265 e. The Kier molecular flexibility index (Phi) is 4.93. The number of aromatic nitrogens is 2. The van der Waals surface area contributed by atoms with Gasteiger partial charge in [-0.25, -0.2) is 4.68 Å². The summed E-state index contributed by atoms with van der Waals surface area (Å²) in [6, 6.07) is 11.8. The second-order valence-corrected chi connectivity index (χ2v) is 5.43. The molecule has 0 saturated carbocycles. The molecule has 1 atom stereocenters. The molecule has 1 aromatic heterocycles. The standard InChI is InChI=1S/C16H19N3O3/c1-11(2)16(12-6-4-3-5-7-12)17-14(21)10-19-15(22)9-8-13(20)18-19/h3-9,11,16H,10H2,1-2H3,(H,17,21)(H,18,20)/t16-/m1/s1. The van der Waals surface area contributed by atoms with Crippen LogP contribution in [0.3, 0.4) is 0 Å². The molecular formula is C16H19N3O3. The molecule has 2 N–H and O–H groups in total. The van der Waals surface area contributed by atoms with Crippen LogP contribution in [-0.2, 0) is 11.3 Å². The molecule has 0 fully saturated rings. The van der Waals surface area contributed by atoms with E-state index < -0.39 is 11.1 Å². The van der Waals surface area contributed by atoms with Gasteiger partial charge in [-0.1, -0.05) is 44.2 Å². The van der Waals surface area contributed by atoms with Gasteiger partial charge < -0.3 is 5.32 Å². The second kappa shape index (κ2) is 6.89. The van der Waals surface area contributed by atoms with E-state index in [4.69, 9.17) is 0 Å². The van der Waals surface area contributed by atoms with E-state index in [0.29, 0.717) is 0 Å². The third kappa shape index (κ3) is 3.94. The van der Waals surface area contributed by atoms with Gasteiger partial charge in [-0.3, -0.25) is 19.5 Å². The van der Waals surface area contributed by atoms with Gasteiger partial charge in [0.25, 0.3) is 11.1 Å². The molecule has 6 heteroatoms. The Hall–Kier alpha value is -2.63. The number of hydrogen-bond acceptors (Lipinski definition) is 3. The Labute approximate surface area is 127 Å². The van der Waals surface area contributed by atoms with Crippen molar-refractivity contribution in [1.29, 1.82) is 0 Å². The van der Waals surface area contributed by atoms with E-state index in [2.05, 4.69) is 10.4 Å². The van der Waals surface area contributed by atoms with Crippen LogP contribution in [0.1, 0.15) is 25.5 Å². The molecule has 2 aromatic rings. The van der Waals surface area contributed by atoms with Gasteiger partial charge in [-0.15, -0.1) is 0 Å². The normalized spacial score (nSPS) is 12.1.